The first kappa shape index (κ1) is 26.8. The van der Waals surface area contributed by atoms with Gasteiger partial charge in [0, 0.05) is 3.57 Å². The van der Waals surface area contributed by atoms with Crippen molar-refractivity contribution in [1.82, 2.24) is 10.2 Å². The zero-order chi connectivity index (χ0) is 25.5. The molecule has 186 valence electrons. The van der Waals surface area contributed by atoms with Crippen LogP contribution < -0.4 is 10.1 Å². The average Bonchev–Trinajstić information content (AvgIpc) is 2.85. The number of nitrogens with zero attached hydrogens (tertiary/aromatic N) is 1. The normalized spacial score (nSPS) is 18.7. The number of benzene rings is 2. The van der Waals surface area contributed by atoms with E-state index in [0.717, 1.165) is 14.0 Å². The lowest BCUT2D eigenvalue weighted by Crippen LogP contribution is -2.75. The fraction of sp³-hybridized carbons (Fsp3) is 0.292. The molecule has 4 atom stereocenters. The number of hydrogen-bond donors (Lipinski definition) is 1. The molecule has 1 saturated heterocycles. The topological polar surface area (TPSA) is 111 Å². The smallest absolute Gasteiger partial charge is 0.332 e. The summed E-state index contributed by atoms with van der Waals surface area (Å²) in [5.74, 6) is -1.44. The molecule has 9 nitrogen and oxygen atoms in total. The second-order valence-corrected chi connectivity index (χ2v) is 10.1. The van der Waals surface area contributed by atoms with Gasteiger partial charge in [-0.05, 0) is 58.9 Å². The number of β-lactam (4-membered cyclic amide) rings is 1. The van der Waals surface area contributed by atoms with E-state index in [1.165, 1.54) is 7.11 Å². The van der Waals surface area contributed by atoms with Crippen LogP contribution in [0.1, 0.15) is 12.5 Å². The lowest BCUT2D eigenvalue weighted by Gasteiger charge is -2.48. The van der Waals surface area contributed by atoms with Crippen molar-refractivity contribution in [3.05, 3.63) is 75.9 Å². The molecule has 0 radical (unpaired) electrons. The highest BCUT2D eigenvalue weighted by molar-refractivity contribution is 14.1. The van der Waals surface area contributed by atoms with Gasteiger partial charge in [0.25, 0.3) is 11.8 Å². The Hall–Kier alpha value is -2.77. The lowest BCUT2D eigenvalue weighted by molar-refractivity contribution is -0.162. The number of halogens is 1. The van der Waals surface area contributed by atoms with Gasteiger partial charge in [-0.2, -0.15) is 0 Å². The highest BCUT2D eigenvalue weighted by atomic mass is 127. The van der Waals surface area contributed by atoms with Gasteiger partial charge in [0.05, 0.1) is 13.7 Å². The summed E-state index contributed by atoms with van der Waals surface area (Å²) >= 11 is 0.0526. The molecule has 2 aromatic rings. The van der Waals surface area contributed by atoms with E-state index in [0.29, 0.717) is 11.3 Å². The van der Waals surface area contributed by atoms with Crippen LogP contribution in [0.3, 0.4) is 0 Å². The Bertz CT molecular complexity index is 1130. The molecule has 1 heterocycles. The monoisotopic (exact) mass is 612 g/mol. The first-order chi connectivity index (χ1) is 16.7. The molecular formula is C24H25IN2O7S. The number of rotatable bonds is 11. The molecule has 2 unspecified atom stereocenters. The number of nitrogens with one attached hydrogen (secondary N) is 1. The van der Waals surface area contributed by atoms with Gasteiger partial charge >= 0.3 is 5.97 Å². The number of amides is 2. The molecule has 1 aliphatic rings. The Kier molecular flexibility index (Phi) is 9.40. The zero-order valence-electron chi connectivity index (χ0n) is 19.1. The van der Waals surface area contributed by atoms with Crippen LogP contribution in [0.4, 0.5) is 0 Å². The zero-order valence-corrected chi connectivity index (χ0v) is 22.1. The van der Waals surface area contributed by atoms with Gasteiger partial charge in [0.2, 0.25) is 0 Å². The van der Waals surface area contributed by atoms with Crippen molar-refractivity contribution in [2.24, 2.45) is 0 Å². The number of esters is 1. The third kappa shape index (κ3) is 6.47. The van der Waals surface area contributed by atoms with Crippen LogP contribution in [0.5, 0.6) is 5.75 Å². The van der Waals surface area contributed by atoms with E-state index in [-0.39, 0.29) is 13.2 Å². The fourth-order valence-electron chi connectivity index (χ4n) is 3.45. The molecule has 2 amide bonds. The predicted molar refractivity (Wildman–Crippen MR) is 137 cm³/mol. The summed E-state index contributed by atoms with van der Waals surface area (Å²) in [6.07, 6.45) is 0. The second kappa shape index (κ2) is 12.3. The van der Waals surface area contributed by atoms with Crippen LogP contribution in [-0.2, 0) is 41.0 Å². The van der Waals surface area contributed by atoms with E-state index in [2.05, 4.69) is 34.5 Å². The molecule has 0 saturated carbocycles. The molecule has 0 spiro atoms. The van der Waals surface area contributed by atoms with E-state index in [1.807, 2.05) is 30.3 Å². The number of carbonyl (C=O) groups is 3. The molecule has 2 aromatic carbocycles. The van der Waals surface area contributed by atoms with Crippen LogP contribution >= 0.6 is 22.6 Å². The Morgan fingerprint density at radius 3 is 2.46 bits per heavy atom. The van der Waals surface area contributed by atoms with Crippen molar-refractivity contribution >= 4 is 51.5 Å². The van der Waals surface area contributed by atoms with E-state index < -0.39 is 46.3 Å². The third-order valence-corrected chi connectivity index (χ3v) is 7.46. The van der Waals surface area contributed by atoms with Gasteiger partial charge in [-0.3, -0.25) is 13.8 Å². The van der Waals surface area contributed by atoms with Crippen LogP contribution in [0, 0.1) is 3.57 Å². The van der Waals surface area contributed by atoms with Gasteiger partial charge in [0.15, 0.2) is 29.1 Å². The van der Waals surface area contributed by atoms with Gasteiger partial charge in [-0.15, -0.1) is 0 Å². The molecule has 1 aliphatic heterocycles. The number of ether oxygens (including phenoxy) is 2. The van der Waals surface area contributed by atoms with Crippen molar-refractivity contribution < 1.29 is 32.2 Å². The average molecular weight is 612 g/mol. The molecule has 35 heavy (non-hydrogen) atoms. The van der Waals surface area contributed by atoms with Crippen molar-refractivity contribution in [1.29, 1.82) is 0 Å². The highest BCUT2D eigenvalue weighted by Gasteiger charge is 2.57. The summed E-state index contributed by atoms with van der Waals surface area (Å²) in [7, 11) is 1.18. The van der Waals surface area contributed by atoms with Crippen LogP contribution in [-0.4, -0.2) is 58.1 Å². The first-order valence-electron chi connectivity index (χ1n) is 10.5. The Labute approximate surface area is 219 Å². The molecule has 0 aliphatic carbocycles. The number of hydrogen-bond acceptors (Lipinski definition) is 7. The largest absolute Gasteiger partial charge is 0.484 e. The first-order valence-corrected chi connectivity index (χ1v) is 12.8. The summed E-state index contributed by atoms with van der Waals surface area (Å²) in [6.45, 7) is 4.99. The lowest BCUT2D eigenvalue weighted by atomic mass is 9.99. The summed E-state index contributed by atoms with van der Waals surface area (Å²) in [5, 5.41) is 1.41. The second-order valence-electron chi connectivity index (χ2n) is 7.67. The molecule has 0 bridgehead atoms. The molecular weight excluding hydrogens is 587 g/mol. The standard InChI is InChI=1S/C24H25IN2O7S/c1-15(2)21(24(30)32-3)27-22(29)20(26-19(28)14-33-17-10-5-4-6-11-17)23(27)35(31)34-13-16-9-7-8-12-18(16)25/h4-12,20-21,23H,1,13-14H2,2-3H3,(H,26,28)/t20-,21?,23-,35?/m1/s1. The van der Waals surface area contributed by atoms with E-state index >= 15 is 0 Å². The van der Waals surface area contributed by atoms with E-state index in [9.17, 15) is 18.6 Å². The van der Waals surface area contributed by atoms with E-state index in [1.54, 1.807) is 31.2 Å². The van der Waals surface area contributed by atoms with Crippen molar-refractivity contribution in [2.45, 2.75) is 31.0 Å². The van der Waals surface area contributed by atoms with Gasteiger partial charge in [-0.1, -0.05) is 43.0 Å². The Morgan fingerprint density at radius 1 is 1.17 bits per heavy atom. The highest BCUT2D eigenvalue weighted by Crippen LogP contribution is 2.30. The molecule has 3 rings (SSSR count). The molecule has 1 fully saturated rings. The van der Waals surface area contributed by atoms with Crippen molar-refractivity contribution in [3.8, 4) is 5.75 Å². The minimum Gasteiger partial charge on any atom is -0.484 e. The number of para-hydroxylation sites is 1. The number of methoxy groups -OCH3 is 1. The number of likely N-dealkylation sites (tertiary alicyclic amines) is 1. The SMILES string of the molecule is C=C(C)C(C(=O)OC)N1C(=O)[C@@H](NC(=O)COc2ccccc2)[C@H]1S(=O)OCc1ccccc1I. The quantitative estimate of drug-likeness (QED) is 0.180. The van der Waals surface area contributed by atoms with E-state index in [4.69, 9.17) is 13.7 Å². The molecule has 1 N–H and O–H groups in total. The van der Waals surface area contributed by atoms with Gasteiger partial charge in [-0.25, -0.2) is 9.00 Å². The maximum absolute atomic E-state index is 13.2. The predicted octanol–water partition coefficient (Wildman–Crippen LogP) is 2.32. The van der Waals surface area contributed by atoms with Crippen LogP contribution in [0.15, 0.2) is 66.7 Å². The summed E-state index contributed by atoms with van der Waals surface area (Å²) in [4.78, 5) is 39.0. The van der Waals surface area contributed by atoms with Crippen LogP contribution in [0.2, 0.25) is 0 Å². The molecule has 11 heteroatoms. The minimum atomic E-state index is -2.08. The maximum atomic E-state index is 13.2. The van der Waals surface area contributed by atoms with Crippen LogP contribution in [0.25, 0.3) is 0 Å². The minimum absolute atomic E-state index is 0.0119. The summed E-state index contributed by atoms with van der Waals surface area (Å²) in [6, 6.07) is 13.8. The molecule has 0 aromatic heterocycles. The Morgan fingerprint density at radius 2 is 1.83 bits per heavy atom. The Balaban J connectivity index is 1.76. The maximum Gasteiger partial charge on any atom is 0.332 e. The fourth-order valence-corrected chi connectivity index (χ4v) is 5.19. The number of carbonyl (C=O) groups excluding carboxylic acids is 3. The van der Waals surface area contributed by atoms with Crippen molar-refractivity contribution in [2.75, 3.05) is 13.7 Å². The summed E-state index contributed by atoms with van der Waals surface area (Å²) in [5.41, 5.74) is 1.13. The van der Waals surface area contributed by atoms with Crippen molar-refractivity contribution in [3.63, 3.8) is 0 Å². The van der Waals surface area contributed by atoms with Gasteiger partial charge < -0.3 is 19.7 Å². The summed E-state index contributed by atoms with van der Waals surface area (Å²) < 4.78 is 29.9. The third-order valence-electron chi connectivity index (χ3n) is 5.16. The van der Waals surface area contributed by atoms with Gasteiger partial charge in [0.1, 0.15) is 11.8 Å².